The van der Waals surface area contributed by atoms with E-state index in [1.807, 2.05) is 54.6 Å². The summed E-state index contributed by atoms with van der Waals surface area (Å²) < 4.78 is 16.2. The third kappa shape index (κ3) is 13.2. The summed E-state index contributed by atoms with van der Waals surface area (Å²) in [5, 5.41) is 30.7. The maximum Gasteiger partial charge on any atom is 0.407 e. The van der Waals surface area contributed by atoms with E-state index in [2.05, 4.69) is 16.0 Å². The number of rotatable bonds is 13. The molecule has 2 rings (SSSR count). The van der Waals surface area contributed by atoms with Crippen molar-refractivity contribution in [2.45, 2.75) is 89.9 Å². The van der Waals surface area contributed by atoms with E-state index >= 15 is 0 Å². The van der Waals surface area contributed by atoms with E-state index in [1.54, 1.807) is 48.7 Å². The summed E-state index contributed by atoms with van der Waals surface area (Å²) in [6.07, 6.45) is -2.66. The minimum absolute atomic E-state index is 0.0527. The van der Waals surface area contributed by atoms with Gasteiger partial charge in [-0.3, -0.25) is 0 Å². The van der Waals surface area contributed by atoms with Crippen molar-refractivity contribution in [1.29, 1.82) is 0 Å². The molecule has 0 saturated carbocycles. The summed E-state index contributed by atoms with van der Waals surface area (Å²) in [6, 6.07) is 15.5. The molecule has 5 N–H and O–H groups in total. The van der Waals surface area contributed by atoms with Gasteiger partial charge in [-0.25, -0.2) is 9.59 Å². The van der Waals surface area contributed by atoms with E-state index in [9.17, 15) is 19.8 Å². The number of aliphatic hydroxyl groups excluding tert-OH is 2. The summed E-state index contributed by atoms with van der Waals surface area (Å²) in [4.78, 5) is 25.1. The minimum atomic E-state index is -1.04. The van der Waals surface area contributed by atoms with Gasteiger partial charge in [0, 0.05) is 13.1 Å². The Balaban J connectivity index is 2.09. The van der Waals surface area contributed by atoms with Crippen LogP contribution < -0.4 is 20.7 Å². The highest BCUT2D eigenvalue weighted by Gasteiger charge is 2.28. The zero-order chi connectivity index (χ0) is 30.6. The number of hydrogen-bond acceptors (Lipinski definition) is 8. The lowest BCUT2D eigenvalue weighted by Crippen LogP contribution is -2.53. The molecule has 0 radical (unpaired) electrons. The van der Waals surface area contributed by atoms with E-state index in [0.717, 1.165) is 11.1 Å². The smallest absolute Gasteiger partial charge is 0.407 e. The van der Waals surface area contributed by atoms with Gasteiger partial charge >= 0.3 is 12.2 Å². The van der Waals surface area contributed by atoms with Crippen molar-refractivity contribution in [3.05, 3.63) is 65.7 Å². The van der Waals surface area contributed by atoms with Gasteiger partial charge in [-0.1, -0.05) is 48.5 Å². The van der Waals surface area contributed by atoms with E-state index in [4.69, 9.17) is 14.2 Å². The Labute approximate surface area is 243 Å². The van der Waals surface area contributed by atoms with Gasteiger partial charge in [0.1, 0.15) is 17.0 Å². The van der Waals surface area contributed by atoms with Crippen molar-refractivity contribution >= 4 is 12.2 Å². The van der Waals surface area contributed by atoms with Crippen LogP contribution in [-0.2, 0) is 22.3 Å². The first-order valence-electron chi connectivity index (χ1n) is 13.9. The maximum absolute atomic E-state index is 12.6. The molecule has 0 unspecified atom stereocenters. The van der Waals surface area contributed by atoms with Crippen molar-refractivity contribution < 1.29 is 34.0 Å². The summed E-state index contributed by atoms with van der Waals surface area (Å²) >= 11 is 0. The van der Waals surface area contributed by atoms with Gasteiger partial charge in [0.25, 0.3) is 0 Å². The van der Waals surface area contributed by atoms with E-state index in [1.165, 1.54) is 0 Å². The fourth-order valence-electron chi connectivity index (χ4n) is 4.12. The molecule has 228 valence electrons. The van der Waals surface area contributed by atoms with Crippen LogP contribution in [0.2, 0.25) is 0 Å². The number of alkyl carbamates (subject to hydrolysis) is 2. The van der Waals surface area contributed by atoms with E-state index < -0.39 is 47.7 Å². The Hall–Kier alpha value is -3.34. The van der Waals surface area contributed by atoms with Crippen LogP contribution in [0.1, 0.15) is 52.7 Å². The van der Waals surface area contributed by atoms with Crippen LogP contribution in [0.3, 0.4) is 0 Å². The Morgan fingerprint density at radius 3 is 1.68 bits per heavy atom. The summed E-state index contributed by atoms with van der Waals surface area (Å²) in [5.74, 6) is 0.635. The average Bonchev–Trinajstić information content (AvgIpc) is 2.86. The normalized spacial score (nSPS) is 14.8. The maximum atomic E-state index is 12.6. The highest BCUT2D eigenvalue weighted by atomic mass is 16.6. The molecule has 0 heterocycles. The van der Waals surface area contributed by atoms with E-state index in [0.29, 0.717) is 12.2 Å². The largest absolute Gasteiger partial charge is 0.496 e. The van der Waals surface area contributed by atoms with Crippen molar-refractivity contribution in [2.24, 2.45) is 0 Å². The van der Waals surface area contributed by atoms with Crippen LogP contribution in [0.15, 0.2) is 54.6 Å². The molecule has 0 fully saturated rings. The Morgan fingerprint density at radius 1 is 0.732 bits per heavy atom. The lowest BCUT2D eigenvalue weighted by molar-refractivity contribution is 0.0399. The number of nitrogens with one attached hydrogen (secondary N) is 3. The van der Waals surface area contributed by atoms with Gasteiger partial charge in [-0.2, -0.15) is 0 Å². The molecule has 41 heavy (non-hydrogen) atoms. The summed E-state index contributed by atoms with van der Waals surface area (Å²) in [7, 11) is 1.56. The lowest BCUT2D eigenvalue weighted by Gasteiger charge is -2.29. The Bertz CT molecular complexity index is 1080. The van der Waals surface area contributed by atoms with Crippen LogP contribution in [0.4, 0.5) is 9.59 Å². The molecule has 0 spiro atoms. The van der Waals surface area contributed by atoms with Gasteiger partial charge in [-0.05, 0) is 71.6 Å². The standard InChI is InChI=1S/C31H47N3O7/c1-30(2,3)40-28(37)33-23(17-21-13-9-8-10-14-21)25(35)19-32-20-26(36)24(34-29(38)41-31(4,5)6)18-22-15-11-12-16-27(22)39-7/h8-16,23-26,32,35-36H,17-20H2,1-7H3,(H,33,37)(H,34,38)/t23-,24-,25+,26+/m0/s1. The Kier molecular flexibility index (Phi) is 12.9. The highest BCUT2D eigenvalue weighted by Crippen LogP contribution is 2.20. The molecule has 0 aromatic heterocycles. The lowest BCUT2D eigenvalue weighted by atomic mass is 9.99. The number of aliphatic hydroxyl groups is 2. The first-order valence-corrected chi connectivity index (χ1v) is 13.9. The van der Waals surface area contributed by atoms with Crippen LogP contribution >= 0.6 is 0 Å². The number of benzene rings is 2. The third-order valence-corrected chi connectivity index (χ3v) is 5.97. The molecule has 2 aromatic rings. The highest BCUT2D eigenvalue weighted by molar-refractivity contribution is 5.68. The van der Waals surface area contributed by atoms with Gasteiger partial charge in [0.05, 0.1) is 31.4 Å². The molecule has 4 atom stereocenters. The molecule has 0 aliphatic rings. The third-order valence-electron chi connectivity index (χ3n) is 5.97. The molecule has 10 nitrogen and oxygen atoms in total. The number of carbonyl (C=O) groups excluding carboxylic acids is 2. The van der Waals surface area contributed by atoms with Crippen LogP contribution in [0.5, 0.6) is 5.75 Å². The van der Waals surface area contributed by atoms with Crippen molar-refractivity contribution in [3.63, 3.8) is 0 Å². The molecular weight excluding hydrogens is 526 g/mol. The van der Waals surface area contributed by atoms with Crippen LogP contribution in [-0.4, -0.2) is 78.1 Å². The van der Waals surface area contributed by atoms with Gasteiger partial charge in [0.15, 0.2) is 0 Å². The van der Waals surface area contributed by atoms with Crippen molar-refractivity contribution in [2.75, 3.05) is 20.2 Å². The van der Waals surface area contributed by atoms with Crippen molar-refractivity contribution in [1.82, 2.24) is 16.0 Å². The first-order chi connectivity index (χ1) is 19.2. The minimum Gasteiger partial charge on any atom is -0.496 e. The molecule has 2 amide bonds. The first kappa shape index (κ1) is 33.9. The molecule has 2 aromatic carbocycles. The second-order valence-corrected chi connectivity index (χ2v) is 12.0. The number of para-hydroxylation sites is 1. The second kappa shape index (κ2) is 15.6. The molecule has 0 aliphatic heterocycles. The number of methoxy groups -OCH3 is 1. The number of hydrogen-bond donors (Lipinski definition) is 5. The monoisotopic (exact) mass is 573 g/mol. The van der Waals surface area contributed by atoms with Gasteiger partial charge in [-0.15, -0.1) is 0 Å². The summed E-state index contributed by atoms with van der Waals surface area (Å²) in [5.41, 5.74) is 0.346. The van der Waals surface area contributed by atoms with Crippen LogP contribution in [0, 0.1) is 0 Å². The predicted molar refractivity (Wildman–Crippen MR) is 158 cm³/mol. The molecule has 0 saturated heterocycles. The topological polar surface area (TPSA) is 138 Å². The zero-order valence-corrected chi connectivity index (χ0v) is 25.3. The van der Waals surface area contributed by atoms with Gasteiger partial charge in [0.2, 0.25) is 0 Å². The molecular formula is C31H47N3O7. The SMILES string of the molecule is COc1ccccc1C[C@H](NC(=O)OC(C)(C)C)[C@H](O)CNC[C@@H](O)[C@H](Cc1ccccc1)NC(=O)OC(C)(C)C. The van der Waals surface area contributed by atoms with Crippen LogP contribution in [0.25, 0.3) is 0 Å². The zero-order valence-electron chi connectivity index (χ0n) is 25.3. The number of ether oxygens (including phenoxy) is 3. The molecule has 0 aliphatic carbocycles. The predicted octanol–water partition coefficient (Wildman–Crippen LogP) is 3.58. The second-order valence-electron chi connectivity index (χ2n) is 12.0. The molecule has 0 bridgehead atoms. The van der Waals surface area contributed by atoms with Gasteiger partial charge < -0.3 is 40.4 Å². The number of amides is 2. The Morgan fingerprint density at radius 2 is 1.20 bits per heavy atom. The van der Waals surface area contributed by atoms with E-state index in [-0.39, 0.29) is 19.5 Å². The molecule has 10 heteroatoms. The summed E-state index contributed by atoms with van der Waals surface area (Å²) in [6.45, 7) is 10.7. The quantitative estimate of drug-likeness (QED) is 0.245. The van der Waals surface area contributed by atoms with Crippen molar-refractivity contribution in [3.8, 4) is 5.75 Å². The number of carbonyl (C=O) groups is 2. The fourth-order valence-corrected chi connectivity index (χ4v) is 4.12. The average molecular weight is 574 g/mol. The fraction of sp³-hybridized carbons (Fsp3) is 0.548.